The molecule has 2 atom stereocenters. The van der Waals surface area contributed by atoms with Crippen molar-refractivity contribution in [2.75, 3.05) is 6.54 Å². The van der Waals surface area contributed by atoms with Crippen LogP contribution in [0.2, 0.25) is 0 Å². The number of nitrogens with one attached hydrogen (secondary N) is 3. The second-order valence-electron chi connectivity index (χ2n) is 7.20. The van der Waals surface area contributed by atoms with E-state index < -0.39 is 35.9 Å². The van der Waals surface area contributed by atoms with Crippen LogP contribution in [0.4, 0.5) is 0 Å². The van der Waals surface area contributed by atoms with Gasteiger partial charge in [-0.15, -0.1) is 0 Å². The molecule has 0 aliphatic carbocycles. The molecule has 0 unspecified atom stereocenters. The lowest BCUT2D eigenvalue weighted by molar-refractivity contribution is -0.525. The van der Waals surface area contributed by atoms with Crippen molar-refractivity contribution >= 4 is 24.9 Å². The smallest absolute Gasteiger partial charge is 0.426 e. The molecule has 0 spiro atoms. The van der Waals surface area contributed by atoms with E-state index in [-0.39, 0.29) is 36.8 Å². The number of nitrogens with zero attached hydrogens (tertiary/aromatic N) is 3. The average molecular weight is 437 g/mol. The summed E-state index contributed by atoms with van der Waals surface area (Å²) in [5.74, 6) is -2.34. The fraction of sp³-hybridized carbons (Fsp3) is 0.529. The van der Waals surface area contributed by atoms with Crippen molar-refractivity contribution in [1.82, 2.24) is 21.0 Å². The molecule has 13 nitrogen and oxygen atoms in total. The molecule has 0 aromatic carbocycles. The molecule has 1 aromatic rings. The fourth-order valence-electron chi connectivity index (χ4n) is 2.68. The number of hydrazine groups is 1. The topological polar surface area (TPSA) is 205 Å². The van der Waals surface area contributed by atoms with Crippen LogP contribution in [0.15, 0.2) is 29.5 Å². The number of aromatic nitrogens is 1. The summed E-state index contributed by atoms with van der Waals surface area (Å²) in [6, 6.07) is 2.09. The Morgan fingerprint density at radius 1 is 1.35 bits per heavy atom. The van der Waals surface area contributed by atoms with Crippen LogP contribution in [0.3, 0.4) is 0 Å². The zero-order chi connectivity index (χ0) is 23.4. The number of pyridine rings is 1. The minimum atomic E-state index is -1.77. The van der Waals surface area contributed by atoms with E-state index >= 15 is 0 Å². The summed E-state index contributed by atoms with van der Waals surface area (Å²) >= 11 is 0. The number of nitro groups is 1. The Labute approximate surface area is 179 Å². The fourth-order valence-corrected chi connectivity index (χ4v) is 2.68. The molecule has 1 heterocycles. The molecule has 0 aliphatic heterocycles. The summed E-state index contributed by atoms with van der Waals surface area (Å²) in [7, 11) is -1.77. The zero-order valence-electron chi connectivity index (χ0n) is 17.4. The molecule has 0 fully saturated rings. The van der Waals surface area contributed by atoms with Crippen LogP contribution in [0.25, 0.3) is 0 Å². The van der Waals surface area contributed by atoms with Gasteiger partial charge >= 0.3 is 7.12 Å². The van der Waals surface area contributed by atoms with Gasteiger partial charge in [-0.1, -0.05) is 19.3 Å². The van der Waals surface area contributed by atoms with Gasteiger partial charge < -0.3 is 26.4 Å². The summed E-state index contributed by atoms with van der Waals surface area (Å²) < 4.78 is 0. The average Bonchev–Trinajstić information content (AvgIpc) is 2.69. The van der Waals surface area contributed by atoms with Gasteiger partial charge in [-0.25, -0.2) is 15.1 Å². The van der Waals surface area contributed by atoms with Crippen LogP contribution in [0.5, 0.6) is 0 Å². The first-order chi connectivity index (χ1) is 14.6. The van der Waals surface area contributed by atoms with Crippen LogP contribution in [0.1, 0.15) is 43.5 Å². The minimum absolute atomic E-state index is 0.0667. The Balaban J connectivity index is 2.84. The van der Waals surface area contributed by atoms with Crippen molar-refractivity contribution in [2.45, 2.75) is 45.1 Å². The molecule has 0 bridgehead atoms. The summed E-state index contributed by atoms with van der Waals surface area (Å²) in [5.41, 5.74) is 7.29. The number of aliphatic imine (C=N–C) groups is 1. The third kappa shape index (κ3) is 10.4. The third-order valence-corrected chi connectivity index (χ3v) is 4.10. The van der Waals surface area contributed by atoms with E-state index in [1.165, 1.54) is 18.5 Å². The van der Waals surface area contributed by atoms with Crippen molar-refractivity contribution in [3.05, 3.63) is 40.2 Å². The summed E-state index contributed by atoms with van der Waals surface area (Å²) in [6.07, 6.45) is 3.56. The van der Waals surface area contributed by atoms with Crippen LogP contribution in [-0.2, 0) is 4.79 Å². The van der Waals surface area contributed by atoms with E-state index in [1.54, 1.807) is 11.5 Å². The number of carbonyl (C=O) groups is 2. The van der Waals surface area contributed by atoms with Gasteiger partial charge in [0, 0.05) is 18.9 Å². The van der Waals surface area contributed by atoms with Crippen LogP contribution >= 0.6 is 0 Å². The SMILES string of the molecule is CC(C)C[C@H](NC(=O)[C@H](CCCN=C(N)N[N+](=O)[O-])NC(=O)c1cccnc1)B(O)O. The first-order valence-corrected chi connectivity index (χ1v) is 9.68. The molecule has 170 valence electrons. The van der Waals surface area contributed by atoms with Gasteiger partial charge in [-0.3, -0.25) is 14.6 Å². The van der Waals surface area contributed by atoms with Gasteiger partial charge in [0.1, 0.15) is 6.04 Å². The highest BCUT2D eigenvalue weighted by atomic mass is 16.7. The maximum Gasteiger partial charge on any atom is 0.475 e. The Kier molecular flexibility index (Phi) is 10.9. The van der Waals surface area contributed by atoms with Gasteiger partial charge in [0.15, 0.2) is 5.03 Å². The number of guanidine groups is 1. The second kappa shape index (κ2) is 13.1. The number of hydrogen-bond donors (Lipinski definition) is 6. The monoisotopic (exact) mass is 437 g/mol. The van der Waals surface area contributed by atoms with Crippen LogP contribution in [-0.4, -0.2) is 63.5 Å². The van der Waals surface area contributed by atoms with Gasteiger partial charge in [0.2, 0.25) is 5.91 Å². The molecular formula is C17H28BN7O6. The first kappa shape index (κ1) is 25.8. The van der Waals surface area contributed by atoms with E-state index in [0.717, 1.165) is 0 Å². The first-order valence-electron chi connectivity index (χ1n) is 9.68. The van der Waals surface area contributed by atoms with Crippen LogP contribution < -0.4 is 21.8 Å². The molecule has 7 N–H and O–H groups in total. The largest absolute Gasteiger partial charge is 0.475 e. The molecule has 1 rings (SSSR count). The number of carbonyl (C=O) groups excluding carboxylic acids is 2. The minimum Gasteiger partial charge on any atom is -0.426 e. The molecular weight excluding hydrogens is 409 g/mol. The standard InChI is InChI=1S/C17H28BN7O6/c1-11(2)9-14(18(28)29)23-16(27)13(6-4-8-21-17(19)24-25(30)31)22-15(26)12-5-3-7-20-10-12/h3,5,7,10-11,13-14,28-29H,4,6,8-9H2,1-2H3,(H,22,26)(H,23,27)(H3,19,21,24)/t13-,14-/m0/s1. The van der Waals surface area contributed by atoms with Crippen molar-refractivity contribution in [2.24, 2.45) is 16.6 Å². The lowest BCUT2D eigenvalue weighted by atomic mass is 9.75. The molecule has 2 amide bonds. The van der Waals surface area contributed by atoms with E-state index in [9.17, 15) is 29.8 Å². The second-order valence-corrected chi connectivity index (χ2v) is 7.20. The number of nitrogens with two attached hydrogens (primary N) is 1. The normalized spacial score (nSPS) is 13.3. The highest BCUT2D eigenvalue weighted by Gasteiger charge is 2.29. The number of hydrogen-bond acceptors (Lipinski definition) is 8. The van der Waals surface area contributed by atoms with E-state index in [1.807, 2.05) is 13.8 Å². The van der Waals surface area contributed by atoms with Gasteiger partial charge in [0.25, 0.3) is 11.9 Å². The quantitative estimate of drug-likeness (QED) is 0.0567. The van der Waals surface area contributed by atoms with Gasteiger partial charge in [-0.05, 0) is 37.3 Å². The Morgan fingerprint density at radius 2 is 2.06 bits per heavy atom. The molecule has 0 saturated heterocycles. The number of rotatable bonds is 12. The lowest BCUT2D eigenvalue weighted by Gasteiger charge is -2.24. The third-order valence-electron chi connectivity index (χ3n) is 4.10. The Hall–Kier alpha value is -3.26. The van der Waals surface area contributed by atoms with Crippen molar-refractivity contribution in [3.8, 4) is 0 Å². The molecule has 0 saturated carbocycles. The summed E-state index contributed by atoms with van der Waals surface area (Å²) in [5, 5.41) is 33.7. The van der Waals surface area contributed by atoms with Gasteiger partial charge in [-0.2, -0.15) is 0 Å². The predicted octanol–water partition coefficient (Wildman–Crippen LogP) is -1.40. The zero-order valence-corrected chi connectivity index (χ0v) is 17.4. The van der Waals surface area contributed by atoms with E-state index in [0.29, 0.717) is 6.42 Å². The molecule has 14 heteroatoms. The maximum absolute atomic E-state index is 12.8. The summed E-state index contributed by atoms with van der Waals surface area (Å²) in [4.78, 5) is 43.2. The Morgan fingerprint density at radius 3 is 2.61 bits per heavy atom. The van der Waals surface area contributed by atoms with E-state index in [2.05, 4.69) is 20.6 Å². The van der Waals surface area contributed by atoms with E-state index in [4.69, 9.17) is 5.73 Å². The highest BCUT2D eigenvalue weighted by Crippen LogP contribution is 2.08. The lowest BCUT2D eigenvalue weighted by Crippen LogP contribution is -2.54. The van der Waals surface area contributed by atoms with Crippen molar-refractivity contribution in [1.29, 1.82) is 0 Å². The molecule has 0 aliphatic rings. The molecule has 0 radical (unpaired) electrons. The van der Waals surface area contributed by atoms with Crippen LogP contribution in [0, 0.1) is 16.0 Å². The van der Waals surface area contributed by atoms with Crippen molar-refractivity contribution in [3.63, 3.8) is 0 Å². The number of amides is 2. The molecule has 31 heavy (non-hydrogen) atoms. The highest BCUT2D eigenvalue weighted by molar-refractivity contribution is 6.43. The van der Waals surface area contributed by atoms with Crippen molar-refractivity contribution < 1.29 is 24.7 Å². The summed E-state index contributed by atoms with van der Waals surface area (Å²) in [6.45, 7) is 3.80. The predicted molar refractivity (Wildman–Crippen MR) is 113 cm³/mol. The maximum atomic E-state index is 12.8. The van der Waals surface area contributed by atoms with Gasteiger partial charge in [0.05, 0.1) is 11.5 Å². The molecule has 1 aromatic heterocycles. The Bertz CT molecular complexity index is 763.